The predicted molar refractivity (Wildman–Crippen MR) is 90.3 cm³/mol. The van der Waals surface area contributed by atoms with E-state index in [1.54, 1.807) is 13.2 Å². The SMILES string of the molecule is C[C@H](c1ccccc1)N(C)C(=O)C(=O)c1c[nH]c2ccccc12. The van der Waals surface area contributed by atoms with Gasteiger partial charge >= 0.3 is 0 Å². The van der Waals surface area contributed by atoms with Gasteiger partial charge in [0, 0.05) is 24.1 Å². The van der Waals surface area contributed by atoms with Gasteiger partial charge in [-0.25, -0.2) is 0 Å². The number of nitrogens with one attached hydrogen (secondary N) is 1. The third-order valence-electron chi connectivity index (χ3n) is 4.21. The lowest BCUT2D eigenvalue weighted by Gasteiger charge is -2.24. The van der Waals surface area contributed by atoms with Crippen molar-refractivity contribution in [2.75, 3.05) is 7.05 Å². The van der Waals surface area contributed by atoms with Crippen molar-refractivity contribution >= 4 is 22.6 Å². The van der Waals surface area contributed by atoms with Crippen LogP contribution in [0.1, 0.15) is 28.9 Å². The number of hydrogen-bond donors (Lipinski definition) is 1. The number of fused-ring (bicyclic) bond motifs is 1. The molecule has 0 saturated heterocycles. The Balaban J connectivity index is 1.86. The van der Waals surface area contributed by atoms with Crippen LogP contribution in [0, 0.1) is 0 Å². The number of carbonyl (C=O) groups is 2. The van der Waals surface area contributed by atoms with Crippen molar-refractivity contribution in [3.8, 4) is 0 Å². The molecule has 4 nitrogen and oxygen atoms in total. The Hall–Kier alpha value is -2.88. The summed E-state index contributed by atoms with van der Waals surface area (Å²) in [5.74, 6) is -1.00. The molecule has 23 heavy (non-hydrogen) atoms. The quantitative estimate of drug-likeness (QED) is 0.592. The average Bonchev–Trinajstić information content (AvgIpc) is 3.04. The summed E-state index contributed by atoms with van der Waals surface area (Å²) in [7, 11) is 1.66. The van der Waals surface area contributed by atoms with E-state index in [1.165, 1.54) is 4.90 Å². The summed E-state index contributed by atoms with van der Waals surface area (Å²) in [5, 5.41) is 0.770. The Labute approximate surface area is 134 Å². The van der Waals surface area contributed by atoms with Gasteiger partial charge in [-0.3, -0.25) is 9.59 Å². The first-order valence-electron chi connectivity index (χ1n) is 7.52. The lowest BCUT2D eigenvalue weighted by molar-refractivity contribution is -0.127. The fourth-order valence-electron chi connectivity index (χ4n) is 2.67. The molecule has 116 valence electrons. The summed E-state index contributed by atoms with van der Waals surface area (Å²) < 4.78 is 0. The number of rotatable bonds is 4. The van der Waals surface area contributed by atoms with Crippen LogP contribution in [0.15, 0.2) is 60.8 Å². The third kappa shape index (κ3) is 2.75. The largest absolute Gasteiger partial charge is 0.360 e. The lowest BCUT2D eigenvalue weighted by Crippen LogP contribution is -2.35. The zero-order valence-electron chi connectivity index (χ0n) is 13.1. The van der Waals surface area contributed by atoms with Crippen molar-refractivity contribution in [3.63, 3.8) is 0 Å². The topological polar surface area (TPSA) is 53.2 Å². The molecule has 0 saturated carbocycles. The van der Waals surface area contributed by atoms with Gasteiger partial charge in [0.25, 0.3) is 11.7 Å². The van der Waals surface area contributed by atoms with E-state index < -0.39 is 11.7 Å². The van der Waals surface area contributed by atoms with E-state index in [0.29, 0.717) is 5.56 Å². The number of H-pyrrole nitrogens is 1. The second-order valence-corrected chi connectivity index (χ2v) is 5.58. The number of hydrogen-bond acceptors (Lipinski definition) is 2. The highest BCUT2D eigenvalue weighted by molar-refractivity contribution is 6.44. The Morgan fingerprint density at radius 1 is 1.00 bits per heavy atom. The minimum absolute atomic E-state index is 0.169. The molecule has 3 rings (SSSR count). The number of para-hydroxylation sites is 1. The number of ketones is 1. The normalized spacial score (nSPS) is 12.1. The number of aromatic nitrogens is 1. The molecule has 0 fully saturated rings. The molecule has 2 aromatic carbocycles. The first kappa shape index (κ1) is 15.0. The smallest absolute Gasteiger partial charge is 0.295 e. The van der Waals surface area contributed by atoms with Gasteiger partial charge in [0.1, 0.15) is 0 Å². The van der Waals surface area contributed by atoms with Crippen molar-refractivity contribution in [3.05, 3.63) is 71.9 Å². The van der Waals surface area contributed by atoms with Crippen LogP contribution in [0.4, 0.5) is 0 Å². The lowest BCUT2D eigenvalue weighted by atomic mass is 10.1. The van der Waals surface area contributed by atoms with Crippen molar-refractivity contribution in [1.29, 1.82) is 0 Å². The van der Waals surface area contributed by atoms with Crippen molar-refractivity contribution in [2.45, 2.75) is 13.0 Å². The molecule has 4 heteroatoms. The highest BCUT2D eigenvalue weighted by atomic mass is 16.2. The summed E-state index contributed by atoms with van der Waals surface area (Å²) in [6.07, 6.45) is 1.60. The van der Waals surface area contributed by atoms with E-state index in [-0.39, 0.29) is 6.04 Å². The molecule has 1 heterocycles. The van der Waals surface area contributed by atoms with Crippen molar-refractivity contribution in [2.24, 2.45) is 0 Å². The molecule has 0 aliphatic heterocycles. The monoisotopic (exact) mass is 306 g/mol. The number of likely N-dealkylation sites (N-methyl/N-ethyl adjacent to an activating group) is 1. The van der Waals surface area contributed by atoms with Gasteiger partial charge < -0.3 is 9.88 Å². The minimum atomic E-state index is -0.508. The molecular formula is C19H18N2O2. The molecule has 0 bridgehead atoms. The van der Waals surface area contributed by atoms with Gasteiger partial charge in [-0.05, 0) is 18.6 Å². The molecule has 3 aromatic rings. The van der Waals surface area contributed by atoms with Crippen LogP contribution < -0.4 is 0 Å². The Bertz CT molecular complexity index is 852. The summed E-state index contributed by atoms with van der Waals surface area (Å²) in [5.41, 5.74) is 2.26. The molecule has 1 amide bonds. The van der Waals surface area contributed by atoms with Gasteiger partial charge in [0.05, 0.1) is 11.6 Å². The van der Waals surface area contributed by atoms with Crippen LogP contribution in [-0.4, -0.2) is 28.6 Å². The van der Waals surface area contributed by atoms with Gasteiger partial charge in [-0.15, -0.1) is 0 Å². The van der Waals surface area contributed by atoms with Crippen LogP contribution in [-0.2, 0) is 4.79 Å². The predicted octanol–water partition coefficient (Wildman–Crippen LogP) is 3.57. The van der Waals surface area contributed by atoms with E-state index in [9.17, 15) is 9.59 Å². The molecule has 1 aromatic heterocycles. The van der Waals surface area contributed by atoms with Gasteiger partial charge in [0.2, 0.25) is 0 Å². The molecule has 0 spiro atoms. The molecule has 0 aliphatic carbocycles. The molecule has 1 atom stereocenters. The number of Topliss-reactive ketones (excluding diaryl/α,β-unsaturated/α-hetero) is 1. The summed E-state index contributed by atoms with van der Waals surface area (Å²) in [6, 6.07) is 17.0. The first-order valence-corrected chi connectivity index (χ1v) is 7.52. The van der Waals surface area contributed by atoms with Crippen LogP contribution >= 0.6 is 0 Å². The van der Waals surface area contributed by atoms with Gasteiger partial charge in [-0.1, -0.05) is 48.5 Å². The number of benzene rings is 2. The maximum absolute atomic E-state index is 12.6. The zero-order chi connectivity index (χ0) is 16.4. The van der Waals surface area contributed by atoms with E-state index in [2.05, 4.69) is 4.98 Å². The van der Waals surface area contributed by atoms with E-state index in [1.807, 2.05) is 61.5 Å². The summed E-state index contributed by atoms with van der Waals surface area (Å²) in [4.78, 5) is 29.7. The number of nitrogens with zero attached hydrogens (tertiary/aromatic N) is 1. The third-order valence-corrected chi connectivity index (χ3v) is 4.21. The highest BCUT2D eigenvalue weighted by Crippen LogP contribution is 2.22. The van der Waals surface area contributed by atoms with Crippen LogP contribution in [0.25, 0.3) is 10.9 Å². The van der Waals surface area contributed by atoms with E-state index in [4.69, 9.17) is 0 Å². The summed E-state index contributed by atoms with van der Waals surface area (Å²) >= 11 is 0. The Morgan fingerprint density at radius 2 is 1.65 bits per heavy atom. The number of amides is 1. The van der Waals surface area contributed by atoms with Gasteiger partial charge in [0.15, 0.2) is 0 Å². The van der Waals surface area contributed by atoms with Crippen LogP contribution in [0.5, 0.6) is 0 Å². The highest BCUT2D eigenvalue weighted by Gasteiger charge is 2.26. The standard InChI is InChI=1S/C19H18N2O2/c1-13(14-8-4-3-5-9-14)21(2)19(23)18(22)16-12-20-17-11-7-6-10-15(16)17/h3-13,20H,1-2H3/t13-/m1/s1. The summed E-state index contributed by atoms with van der Waals surface area (Å²) in [6.45, 7) is 1.91. The molecule has 0 unspecified atom stereocenters. The van der Waals surface area contributed by atoms with Crippen molar-refractivity contribution < 1.29 is 9.59 Å². The Kier molecular flexibility index (Phi) is 3.98. The zero-order valence-corrected chi connectivity index (χ0v) is 13.1. The number of aromatic amines is 1. The maximum Gasteiger partial charge on any atom is 0.295 e. The second kappa shape index (κ2) is 6.08. The first-order chi connectivity index (χ1) is 11.1. The molecule has 0 radical (unpaired) electrons. The fourth-order valence-corrected chi connectivity index (χ4v) is 2.67. The molecule has 0 aliphatic rings. The van der Waals surface area contributed by atoms with Crippen LogP contribution in [0.2, 0.25) is 0 Å². The van der Waals surface area contributed by atoms with Gasteiger partial charge in [-0.2, -0.15) is 0 Å². The molecule has 1 N–H and O–H groups in total. The Morgan fingerprint density at radius 3 is 2.39 bits per heavy atom. The maximum atomic E-state index is 12.6. The fraction of sp³-hybridized carbons (Fsp3) is 0.158. The van der Waals surface area contributed by atoms with E-state index in [0.717, 1.165) is 16.5 Å². The minimum Gasteiger partial charge on any atom is -0.360 e. The van der Waals surface area contributed by atoms with Crippen molar-refractivity contribution in [1.82, 2.24) is 9.88 Å². The van der Waals surface area contributed by atoms with E-state index >= 15 is 0 Å². The van der Waals surface area contributed by atoms with Crippen LogP contribution in [0.3, 0.4) is 0 Å². The molecular weight excluding hydrogens is 288 g/mol. The average molecular weight is 306 g/mol. The number of carbonyl (C=O) groups excluding carboxylic acids is 2. The second-order valence-electron chi connectivity index (χ2n) is 5.58.